The summed E-state index contributed by atoms with van der Waals surface area (Å²) in [6.45, 7) is 3.65. The number of amides is 1. The smallest absolute Gasteiger partial charge is 0.228 e. The predicted octanol–water partition coefficient (Wildman–Crippen LogP) is 2.27. The van der Waals surface area contributed by atoms with Crippen LogP contribution >= 0.6 is 0 Å². The van der Waals surface area contributed by atoms with Gasteiger partial charge >= 0.3 is 0 Å². The summed E-state index contributed by atoms with van der Waals surface area (Å²) in [6.07, 6.45) is 2.36. The summed E-state index contributed by atoms with van der Waals surface area (Å²) in [4.78, 5) is 16.6. The number of nitrogens with zero attached hydrogens (tertiary/aromatic N) is 2. The SMILES string of the molecule is CC(N)C(C)C(=O)Nc1cccc(-c2n[nH]c(C3CC3)n2)c1. The van der Waals surface area contributed by atoms with Crippen LogP contribution in [0.5, 0.6) is 0 Å². The first kappa shape index (κ1) is 14.7. The quantitative estimate of drug-likeness (QED) is 0.789. The van der Waals surface area contributed by atoms with Gasteiger partial charge in [-0.2, -0.15) is 5.10 Å². The maximum Gasteiger partial charge on any atom is 0.228 e. The van der Waals surface area contributed by atoms with E-state index in [0.29, 0.717) is 11.7 Å². The molecule has 1 saturated carbocycles. The molecule has 1 aromatic carbocycles. The molecular formula is C16H21N5O. The van der Waals surface area contributed by atoms with Crippen molar-refractivity contribution in [3.8, 4) is 11.4 Å². The number of hydrogen-bond donors (Lipinski definition) is 3. The first-order valence-electron chi connectivity index (χ1n) is 7.64. The molecular weight excluding hydrogens is 278 g/mol. The summed E-state index contributed by atoms with van der Waals surface area (Å²) >= 11 is 0. The Kier molecular flexibility index (Phi) is 3.94. The third kappa shape index (κ3) is 3.17. The number of benzene rings is 1. The number of nitrogens with two attached hydrogens (primary N) is 1. The van der Waals surface area contributed by atoms with Crippen LogP contribution in [0.4, 0.5) is 5.69 Å². The number of H-pyrrole nitrogens is 1. The topological polar surface area (TPSA) is 96.7 Å². The van der Waals surface area contributed by atoms with E-state index in [0.717, 1.165) is 17.1 Å². The molecule has 3 rings (SSSR count). The van der Waals surface area contributed by atoms with Gasteiger partial charge in [0, 0.05) is 23.2 Å². The molecule has 1 aliphatic carbocycles. The molecule has 116 valence electrons. The fraction of sp³-hybridized carbons (Fsp3) is 0.438. The van der Waals surface area contributed by atoms with E-state index in [-0.39, 0.29) is 17.9 Å². The van der Waals surface area contributed by atoms with E-state index in [1.165, 1.54) is 12.8 Å². The van der Waals surface area contributed by atoms with Gasteiger partial charge in [0.2, 0.25) is 5.91 Å². The number of aromatic amines is 1. The van der Waals surface area contributed by atoms with E-state index in [2.05, 4.69) is 20.5 Å². The predicted molar refractivity (Wildman–Crippen MR) is 85.2 cm³/mol. The molecule has 6 nitrogen and oxygen atoms in total. The first-order chi connectivity index (χ1) is 10.5. The van der Waals surface area contributed by atoms with Crippen molar-refractivity contribution >= 4 is 11.6 Å². The minimum atomic E-state index is -0.242. The maximum atomic E-state index is 12.1. The van der Waals surface area contributed by atoms with Gasteiger partial charge in [-0.25, -0.2) is 4.98 Å². The molecule has 1 heterocycles. The van der Waals surface area contributed by atoms with Crippen LogP contribution in [-0.2, 0) is 4.79 Å². The summed E-state index contributed by atoms with van der Waals surface area (Å²) in [5.41, 5.74) is 7.38. The lowest BCUT2D eigenvalue weighted by molar-refractivity contribution is -0.119. The van der Waals surface area contributed by atoms with Gasteiger partial charge < -0.3 is 11.1 Å². The van der Waals surface area contributed by atoms with Crippen molar-refractivity contribution in [2.24, 2.45) is 11.7 Å². The lowest BCUT2D eigenvalue weighted by Crippen LogP contribution is -2.34. The lowest BCUT2D eigenvalue weighted by Gasteiger charge is -2.15. The lowest BCUT2D eigenvalue weighted by atomic mass is 10.0. The van der Waals surface area contributed by atoms with E-state index in [1.54, 1.807) is 0 Å². The molecule has 0 bridgehead atoms. The van der Waals surface area contributed by atoms with Gasteiger partial charge in [0.15, 0.2) is 5.82 Å². The molecule has 6 heteroatoms. The van der Waals surface area contributed by atoms with Gasteiger partial charge in [-0.15, -0.1) is 0 Å². The molecule has 4 N–H and O–H groups in total. The van der Waals surface area contributed by atoms with Crippen LogP contribution in [0.2, 0.25) is 0 Å². The summed E-state index contributed by atoms with van der Waals surface area (Å²) in [7, 11) is 0. The van der Waals surface area contributed by atoms with E-state index in [4.69, 9.17) is 5.73 Å². The molecule has 0 aliphatic heterocycles. The normalized spacial score (nSPS) is 17.0. The fourth-order valence-corrected chi connectivity index (χ4v) is 2.17. The second-order valence-corrected chi connectivity index (χ2v) is 6.04. The van der Waals surface area contributed by atoms with Crippen LogP contribution in [0, 0.1) is 5.92 Å². The van der Waals surface area contributed by atoms with Gasteiger partial charge in [-0.05, 0) is 31.9 Å². The molecule has 2 atom stereocenters. The summed E-state index contributed by atoms with van der Waals surface area (Å²) in [5, 5.41) is 10.1. The Labute approximate surface area is 129 Å². The van der Waals surface area contributed by atoms with E-state index in [1.807, 2.05) is 38.1 Å². The third-order valence-corrected chi connectivity index (χ3v) is 4.06. The van der Waals surface area contributed by atoms with Crippen molar-refractivity contribution in [2.45, 2.75) is 38.6 Å². The van der Waals surface area contributed by atoms with E-state index in [9.17, 15) is 4.79 Å². The number of anilines is 1. The van der Waals surface area contributed by atoms with Gasteiger partial charge in [0.05, 0.1) is 5.92 Å². The molecule has 1 aromatic heterocycles. The zero-order chi connectivity index (χ0) is 15.7. The first-order valence-corrected chi connectivity index (χ1v) is 7.64. The van der Waals surface area contributed by atoms with Gasteiger partial charge in [0.25, 0.3) is 0 Å². The zero-order valence-electron chi connectivity index (χ0n) is 12.8. The highest BCUT2D eigenvalue weighted by molar-refractivity contribution is 5.93. The molecule has 2 unspecified atom stereocenters. The average Bonchev–Trinajstić information content (AvgIpc) is 3.24. The second kappa shape index (κ2) is 5.88. The molecule has 1 aliphatic rings. The minimum Gasteiger partial charge on any atom is -0.327 e. The summed E-state index contributed by atoms with van der Waals surface area (Å²) < 4.78 is 0. The van der Waals surface area contributed by atoms with Crippen LogP contribution in [-0.4, -0.2) is 27.1 Å². The number of carbonyl (C=O) groups excluding carboxylic acids is 1. The maximum absolute atomic E-state index is 12.1. The molecule has 2 aromatic rings. The molecule has 0 spiro atoms. The van der Waals surface area contributed by atoms with Crippen LogP contribution in [0.1, 0.15) is 38.4 Å². The molecule has 1 amide bonds. The number of carbonyl (C=O) groups is 1. The number of rotatable bonds is 5. The van der Waals surface area contributed by atoms with Gasteiger partial charge in [-0.3, -0.25) is 9.89 Å². The Hall–Kier alpha value is -2.21. The Bertz CT molecular complexity index is 675. The van der Waals surface area contributed by atoms with Crippen molar-refractivity contribution in [2.75, 3.05) is 5.32 Å². The number of hydrogen-bond acceptors (Lipinski definition) is 4. The average molecular weight is 299 g/mol. The van der Waals surface area contributed by atoms with E-state index >= 15 is 0 Å². The Morgan fingerprint density at radius 3 is 2.86 bits per heavy atom. The van der Waals surface area contributed by atoms with Crippen molar-refractivity contribution < 1.29 is 4.79 Å². The van der Waals surface area contributed by atoms with Crippen LogP contribution < -0.4 is 11.1 Å². The highest BCUT2D eigenvalue weighted by atomic mass is 16.1. The zero-order valence-corrected chi connectivity index (χ0v) is 12.8. The van der Waals surface area contributed by atoms with Crippen LogP contribution in [0.15, 0.2) is 24.3 Å². The van der Waals surface area contributed by atoms with Crippen molar-refractivity contribution in [3.05, 3.63) is 30.1 Å². The molecule has 0 saturated heterocycles. The Balaban J connectivity index is 1.75. The molecule has 22 heavy (non-hydrogen) atoms. The highest BCUT2D eigenvalue weighted by Gasteiger charge is 2.27. The largest absolute Gasteiger partial charge is 0.327 e. The summed E-state index contributed by atoms with van der Waals surface area (Å²) in [6, 6.07) is 7.37. The van der Waals surface area contributed by atoms with Crippen molar-refractivity contribution in [1.29, 1.82) is 0 Å². The summed E-state index contributed by atoms with van der Waals surface area (Å²) in [5.74, 6) is 1.83. The van der Waals surface area contributed by atoms with Gasteiger partial charge in [0.1, 0.15) is 5.82 Å². The number of aromatic nitrogens is 3. The van der Waals surface area contributed by atoms with Crippen LogP contribution in [0.25, 0.3) is 11.4 Å². The third-order valence-electron chi connectivity index (χ3n) is 4.06. The Morgan fingerprint density at radius 1 is 1.41 bits per heavy atom. The standard InChI is InChI=1S/C16H21N5O/c1-9(10(2)17)16(22)18-13-5-3-4-12(8-13)15-19-14(20-21-15)11-6-7-11/h3-5,8-11H,6-7,17H2,1-2H3,(H,18,22)(H,19,20,21). The number of nitrogens with one attached hydrogen (secondary N) is 2. The van der Waals surface area contributed by atoms with Crippen LogP contribution in [0.3, 0.4) is 0 Å². The second-order valence-electron chi connectivity index (χ2n) is 6.04. The molecule has 1 fully saturated rings. The van der Waals surface area contributed by atoms with Crippen molar-refractivity contribution in [3.63, 3.8) is 0 Å². The minimum absolute atomic E-state index is 0.0826. The molecule has 0 radical (unpaired) electrons. The fourth-order valence-electron chi connectivity index (χ4n) is 2.17. The van der Waals surface area contributed by atoms with Crippen molar-refractivity contribution in [1.82, 2.24) is 15.2 Å². The highest BCUT2D eigenvalue weighted by Crippen LogP contribution is 2.38. The monoisotopic (exact) mass is 299 g/mol. The van der Waals surface area contributed by atoms with E-state index < -0.39 is 0 Å². The Morgan fingerprint density at radius 2 is 2.18 bits per heavy atom. The van der Waals surface area contributed by atoms with Gasteiger partial charge in [-0.1, -0.05) is 19.1 Å².